The Morgan fingerprint density at radius 3 is 2.62 bits per heavy atom. The molecular formula is C15H20F3NO2. The van der Waals surface area contributed by atoms with Gasteiger partial charge in [0.1, 0.15) is 0 Å². The molecule has 21 heavy (non-hydrogen) atoms. The van der Waals surface area contributed by atoms with Crippen LogP contribution in [0, 0.1) is 0 Å². The van der Waals surface area contributed by atoms with E-state index in [2.05, 4.69) is 0 Å². The normalized spacial score (nSPS) is 23.2. The Labute approximate surface area is 122 Å². The number of hydrogen-bond donors (Lipinski definition) is 1. The molecule has 0 aromatic heterocycles. The highest BCUT2D eigenvalue weighted by atomic mass is 19.4. The molecule has 1 aliphatic rings. The minimum absolute atomic E-state index is 0.138. The lowest BCUT2D eigenvalue weighted by molar-refractivity contribution is -0.152. The van der Waals surface area contributed by atoms with E-state index in [0.717, 1.165) is 6.07 Å². The van der Waals surface area contributed by atoms with E-state index in [9.17, 15) is 18.3 Å². The molecule has 1 saturated heterocycles. The van der Waals surface area contributed by atoms with Crippen LogP contribution in [-0.2, 0) is 17.5 Å². The van der Waals surface area contributed by atoms with Gasteiger partial charge < -0.3 is 9.84 Å². The lowest BCUT2D eigenvalue weighted by Gasteiger charge is -2.42. The molecule has 1 aliphatic heterocycles. The molecule has 0 bridgehead atoms. The van der Waals surface area contributed by atoms with E-state index < -0.39 is 17.3 Å². The third kappa shape index (κ3) is 4.18. The van der Waals surface area contributed by atoms with Crippen molar-refractivity contribution < 1.29 is 23.0 Å². The monoisotopic (exact) mass is 303 g/mol. The summed E-state index contributed by atoms with van der Waals surface area (Å²) in [4.78, 5) is 1.90. The zero-order valence-electron chi connectivity index (χ0n) is 12.2. The van der Waals surface area contributed by atoms with Crippen molar-refractivity contribution in [2.24, 2.45) is 0 Å². The summed E-state index contributed by atoms with van der Waals surface area (Å²) in [6.07, 6.45) is -4.72. The molecule has 1 N–H and O–H groups in total. The number of rotatable bonds is 3. The minimum atomic E-state index is -4.35. The van der Waals surface area contributed by atoms with Crippen LogP contribution < -0.4 is 0 Å². The molecule has 0 spiro atoms. The van der Waals surface area contributed by atoms with Crippen molar-refractivity contribution in [3.8, 4) is 0 Å². The molecule has 3 nitrogen and oxygen atoms in total. The van der Waals surface area contributed by atoms with Crippen LogP contribution >= 0.6 is 0 Å². The Morgan fingerprint density at radius 1 is 1.33 bits per heavy atom. The average Bonchev–Trinajstić information content (AvgIpc) is 2.36. The fourth-order valence-corrected chi connectivity index (χ4v) is 2.81. The maximum absolute atomic E-state index is 13.0. The molecule has 0 aliphatic carbocycles. The van der Waals surface area contributed by atoms with Crippen LogP contribution in [0.15, 0.2) is 24.3 Å². The van der Waals surface area contributed by atoms with E-state index in [1.165, 1.54) is 12.1 Å². The maximum atomic E-state index is 13.0. The fourth-order valence-electron chi connectivity index (χ4n) is 2.81. The second kappa shape index (κ2) is 5.94. The van der Waals surface area contributed by atoms with Crippen LogP contribution in [0.25, 0.3) is 0 Å². The first-order valence-electron chi connectivity index (χ1n) is 6.87. The number of halogens is 3. The second-order valence-electron chi connectivity index (χ2n) is 6.01. The Balaban J connectivity index is 2.18. The number of morpholine rings is 1. The molecule has 0 amide bonds. The van der Waals surface area contributed by atoms with Crippen molar-refractivity contribution in [1.29, 1.82) is 0 Å². The van der Waals surface area contributed by atoms with Gasteiger partial charge in [0, 0.05) is 19.6 Å². The zero-order chi connectivity index (χ0) is 15.7. The number of hydrogen-bond acceptors (Lipinski definition) is 3. The smallest absolute Gasteiger partial charge is 0.394 e. The summed E-state index contributed by atoms with van der Waals surface area (Å²) in [7, 11) is 0. The number of alkyl halides is 3. The molecular weight excluding hydrogens is 283 g/mol. The molecule has 1 atom stereocenters. The van der Waals surface area contributed by atoms with Crippen LogP contribution in [0.2, 0.25) is 0 Å². The van der Waals surface area contributed by atoms with Crippen molar-refractivity contribution in [3.63, 3.8) is 0 Å². The van der Waals surface area contributed by atoms with E-state index >= 15 is 0 Å². The maximum Gasteiger partial charge on any atom is 0.416 e. The summed E-state index contributed by atoms with van der Waals surface area (Å²) in [5, 5.41) is 9.26. The van der Waals surface area contributed by atoms with Crippen molar-refractivity contribution in [1.82, 2.24) is 4.90 Å². The van der Waals surface area contributed by atoms with Crippen LogP contribution in [0.5, 0.6) is 0 Å². The van der Waals surface area contributed by atoms with Crippen LogP contribution in [0.1, 0.15) is 25.0 Å². The first-order valence-corrected chi connectivity index (χ1v) is 6.87. The van der Waals surface area contributed by atoms with Gasteiger partial charge in [0.25, 0.3) is 0 Å². The zero-order valence-corrected chi connectivity index (χ0v) is 12.2. The van der Waals surface area contributed by atoms with Gasteiger partial charge in [-0.25, -0.2) is 0 Å². The van der Waals surface area contributed by atoms with Crippen molar-refractivity contribution in [2.75, 3.05) is 19.7 Å². The molecule has 1 fully saturated rings. The van der Waals surface area contributed by atoms with Gasteiger partial charge in [-0.3, -0.25) is 4.90 Å². The first kappa shape index (κ1) is 16.3. The van der Waals surface area contributed by atoms with E-state index in [4.69, 9.17) is 4.74 Å². The summed E-state index contributed by atoms with van der Waals surface area (Å²) in [6, 6.07) is 5.61. The minimum Gasteiger partial charge on any atom is -0.394 e. The van der Waals surface area contributed by atoms with E-state index in [0.29, 0.717) is 13.1 Å². The standard InChI is InChI=1S/C15H20F3NO2/c1-14(2)10-19(8-12(9-20)21-14)7-11-5-3-4-6-13(11)15(16,17)18/h3-6,12,20H,7-10H2,1-2H3. The Kier molecular flexibility index (Phi) is 4.60. The van der Waals surface area contributed by atoms with Gasteiger partial charge >= 0.3 is 6.18 Å². The highest BCUT2D eigenvalue weighted by molar-refractivity contribution is 5.29. The van der Waals surface area contributed by atoms with Crippen molar-refractivity contribution in [2.45, 2.75) is 38.3 Å². The van der Waals surface area contributed by atoms with Gasteiger partial charge in [-0.05, 0) is 25.5 Å². The highest BCUT2D eigenvalue weighted by Crippen LogP contribution is 2.33. The first-order chi connectivity index (χ1) is 9.71. The van der Waals surface area contributed by atoms with Crippen molar-refractivity contribution >= 4 is 0 Å². The second-order valence-corrected chi connectivity index (χ2v) is 6.01. The molecule has 1 heterocycles. The summed E-state index contributed by atoms with van der Waals surface area (Å²) < 4.78 is 44.7. The van der Waals surface area contributed by atoms with Gasteiger partial charge in [0.2, 0.25) is 0 Å². The Hall–Kier alpha value is -1.11. The molecule has 0 saturated carbocycles. The third-order valence-electron chi connectivity index (χ3n) is 3.47. The fraction of sp³-hybridized carbons (Fsp3) is 0.600. The van der Waals surface area contributed by atoms with E-state index in [-0.39, 0.29) is 24.8 Å². The van der Waals surface area contributed by atoms with Gasteiger partial charge in [0.15, 0.2) is 0 Å². The number of nitrogens with zero attached hydrogens (tertiary/aromatic N) is 1. The number of benzene rings is 1. The Morgan fingerprint density at radius 2 is 2.00 bits per heavy atom. The van der Waals surface area contributed by atoms with Gasteiger partial charge in [-0.1, -0.05) is 18.2 Å². The van der Waals surface area contributed by atoms with Gasteiger partial charge in [-0.2, -0.15) is 13.2 Å². The highest BCUT2D eigenvalue weighted by Gasteiger charge is 2.36. The quantitative estimate of drug-likeness (QED) is 0.932. The predicted molar refractivity (Wildman–Crippen MR) is 72.8 cm³/mol. The molecule has 6 heteroatoms. The molecule has 2 rings (SSSR count). The largest absolute Gasteiger partial charge is 0.416 e. The summed E-state index contributed by atoms with van der Waals surface area (Å²) in [5.74, 6) is 0. The summed E-state index contributed by atoms with van der Waals surface area (Å²) >= 11 is 0. The van der Waals surface area contributed by atoms with Crippen LogP contribution in [0.4, 0.5) is 13.2 Å². The SMILES string of the molecule is CC1(C)CN(Cc2ccccc2C(F)(F)F)CC(CO)O1. The molecule has 1 aromatic rings. The average molecular weight is 303 g/mol. The predicted octanol–water partition coefficient (Wildman–Crippen LogP) is 2.68. The number of aliphatic hydroxyl groups is 1. The molecule has 0 radical (unpaired) electrons. The van der Waals surface area contributed by atoms with E-state index in [1.54, 1.807) is 6.07 Å². The van der Waals surface area contributed by atoms with E-state index in [1.807, 2.05) is 18.7 Å². The molecule has 1 aromatic carbocycles. The van der Waals surface area contributed by atoms with Crippen LogP contribution in [0.3, 0.4) is 0 Å². The number of aliphatic hydroxyl groups excluding tert-OH is 1. The van der Waals surface area contributed by atoms with Crippen LogP contribution in [-0.4, -0.2) is 41.4 Å². The Bertz CT molecular complexity index is 488. The molecule has 1 unspecified atom stereocenters. The lowest BCUT2D eigenvalue weighted by atomic mass is 10.0. The lowest BCUT2D eigenvalue weighted by Crippen LogP contribution is -2.53. The number of ether oxygens (including phenoxy) is 1. The van der Waals surface area contributed by atoms with Gasteiger partial charge in [-0.15, -0.1) is 0 Å². The van der Waals surface area contributed by atoms with Crippen molar-refractivity contribution in [3.05, 3.63) is 35.4 Å². The topological polar surface area (TPSA) is 32.7 Å². The van der Waals surface area contributed by atoms with Gasteiger partial charge in [0.05, 0.1) is 23.9 Å². The summed E-state index contributed by atoms with van der Waals surface area (Å²) in [6.45, 7) is 4.75. The summed E-state index contributed by atoms with van der Waals surface area (Å²) in [5.41, 5.74) is -0.840. The third-order valence-corrected chi connectivity index (χ3v) is 3.47. The molecule has 118 valence electrons.